The summed E-state index contributed by atoms with van der Waals surface area (Å²) in [6.07, 6.45) is 3.11. The number of aryl methyl sites for hydroxylation is 2. The lowest BCUT2D eigenvalue weighted by molar-refractivity contribution is 0.191. The molecule has 0 amide bonds. The van der Waals surface area contributed by atoms with Crippen molar-refractivity contribution in [2.45, 2.75) is 42.1 Å². The van der Waals surface area contributed by atoms with E-state index in [1.807, 2.05) is 18.2 Å². The molecule has 2 aromatic carbocycles. The largest absolute Gasteiger partial charge is 0.496 e. The first kappa shape index (κ1) is 14.5. The second kappa shape index (κ2) is 6.12. The molecule has 0 heterocycles. The Bertz CT molecular complexity index is 650. The van der Waals surface area contributed by atoms with Gasteiger partial charge in [0.05, 0.1) is 13.2 Å². The van der Waals surface area contributed by atoms with E-state index in [1.165, 1.54) is 35.3 Å². The van der Waals surface area contributed by atoms with Crippen LogP contribution < -0.4 is 4.74 Å². The highest BCUT2D eigenvalue weighted by Gasteiger charge is 2.16. The maximum atomic E-state index is 10.1. The third kappa shape index (κ3) is 2.94. The van der Waals surface area contributed by atoms with E-state index in [1.54, 1.807) is 25.8 Å². The van der Waals surface area contributed by atoms with Crippen LogP contribution in [-0.2, 0) is 12.8 Å². The van der Waals surface area contributed by atoms with Crippen LogP contribution in [0, 0.1) is 0 Å². The summed E-state index contributed by atoms with van der Waals surface area (Å²) in [5.41, 5.74) is 3.83. The summed E-state index contributed by atoms with van der Waals surface area (Å²) in [6, 6.07) is 12.6. The zero-order valence-electron chi connectivity index (χ0n) is 12.4. The first-order valence-corrected chi connectivity index (χ1v) is 8.15. The number of aliphatic hydroxyl groups excluding tert-OH is 1. The van der Waals surface area contributed by atoms with Crippen molar-refractivity contribution in [2.24, 2.45) is 0 Å². The van der Waals surface area contributed by atoms with E-state index >= 15 is 0 Å². The van der Waals surface area contributed by atoms with Crippen molar-refractivity contribution >= 4 is 11.8 Å². The van der Waals surface area contributed by atoms with E-state index < -0.39 is 6.10 Å². The Labute approximate surface area is 130 Å². The average Bonchev–Trinajstić information content (AvgIpc) is 2.94. The van der Waals surface area contributed by atoms with Crippen molar-refractivity contribution in [3.63, 3.8) is 0 Å². The number of ether oxygens (including phenoxy) is 1. The Kier molecular flexibility index (Phi) is 4.22. The molecule has 0 saturated carbocycles. The lowest BCUT2D eigenvalue weighted by Crippen LogP contribution is -1.98. The molecule has 0 fully saturated rings. The molecule has 1 aliphatic rings. The summed E-state index contributed by atoms with van der Waals surface area (Å²) in [4.78, 5) is 2.29. The summed E-state index contributed by atoms with van der Waals surface area (Å²) in [5, 5.41) is 10.1. The molecule has 2 nitrogen and oxygen atoms in total. The minimum atomic E-state index is -0.543. The van der Waals surface area contributed by atoms with Gasteiger partial charge in [-0.05, 0) is 61.6 Å². The smallest absolute Gasteiger partial charge is 0.125 e. The van der Waals surface area contributed by atoms with Gasteiger partial charge in [-0.2, -0.15) is 0 Å². The van der Waals surface area contributed by atoms with Crippen LogP contribution in [0.1, 0.15) is 36.1 Å². The quantitative estimate of drug-likeness (QED) is 0.908. The van der Waals surface area contributed by atoms with Gasteiger partial charge in [-0.3, -0.25) is 0 Å². The molecular weight excluding hydrogens is 280 g/mol. The zero-order valence-corrected chi connectivity index (χ0v) is 13.2. The fourth-order valence-corrected chi connectivity index (χ4v) is 4.06. The fourth-order valence-electron chi connectivity index (χ4n) is 2.94. The molecule has 110 valence electrons. The summed E-state index contributed by atoms with van der Waals surface area (Å²) in [5.74, 6) is 0.746. The van der Waals surface area contributed by atoms with E-state index in [0.717, 1.165) is 16.2 Å². The van der Waals surface area contributed by atoms with E-state index in [-0.39, 0.29) is 0 Å². The maximum Gasteiger partial charge on any atom is 0.125 e. The normalized spacial score (nSPS) is 14.8. The zero-order chi connectivity index (χ0) is 14.8. The van der Waals surface area contributed by atoms with E-state index in [2.05, 4.69) is 18.2 Å². The van der Waals surface area contributed by atoms with Gasteiger partial charge < -0.3 is 9.84 Å². The Hall–Kier alpha value is -1.45. The molecule has 21 heavy (non-hydrogen) atoms. The van der Waals surface area contributed by atoms with Crippen molar-refractivity contribution in [1.82, 2.24) is 0 Å². The molecule has 1 unspecified atom stereocenters. The van der Waals surface area contributed by atoms with Gasteiger partial charge in [0.1, 0.15) is 5.75 Å². The summed E-state index contributed by atoms with van der Waals surface area (Å²) in [6.45, 7) is 1.78. The van der Waals surface area contributed by atoms with Crippen LogP contribution in [-0.4, -0.2) is 12.2 Å². The average molecular weight is 300 g/mol. The van der Waals surface area contributed by atoms with E-state index in [4.69, 9.17) is 4.74 Å². The second-order valence-corrected chi connectivity index (χ2v) is 6.55. The number of benzene rings is 2. The third-order valence-corrected chi connectivity index (χ3v) is 5.03. The summed E-state index contributed by atoms with van der Waals surface area (Å²) in [7, 11) is 1.64. The highest BCUT2D eigenvalue weighted by molar-refractivity contribution is 7.99. The lowest BCUT2D eigenvalue weighted by Gasteiger charge is -2.16. The number of hydrogen-bond donors (Lipinski definition) is 1. The number of aliphatic hydroxyl groups is 1. The van der Waals surface area contributed by atoms with Gasteiger partial charge in [-0.15, -0.1) is 0 Å². The molecule has 3 rings (SSSR count). The van der Waals surface area contributed by atoms with Crippen LogP contribution in [0.2, 0.25) is 0 Å². The minimum Gasteiger partial charge on any atom is -0.496 e. The number of methoxy groups -OCH3 is 1. The first-order valence-electron chi connectivity index (χ1n) is 7.33. The van der Waals surface area contributed by atoms with Crippen LogP contribution in [0.15, 0.2) is 46.2 Å². The molecule has 0 radical (unpaired) electrons. The number of fused-ring (bicyclic) bond motifs is 1. The standard InChI is InChI=1S/C18H20O2S/c1-12(19)18-16(20-2)7-4-8-17(18)21-15-10-9-13-5-3-6-14(13)11-15/h4,7-12,19H,3,5-6H2,1-2H3. The number of hydrogen-bond acceptors (Lipinski definition) is 3. The van der Waals surface area contributed by atoms with Gasteiger partial charge >= 0.3 is 0 Å². The lowest BCUT2D eigenvalue weighted by atomic mass is 10.1. The predicted molar refractivity (Wildman–Crippen MR) is 86.2 cm³/mol. The first-order chi connectivity index (χ1) is 10.2. The van der Waals surface area contributed by atoms with Crippen LogP contribution in [0.4, 0.5) is 0 Å². The van der Waals surface area contributed by atoms with Gasteiger partial charge in [-0.25, -0.2) is 0 Å². The molecule has 0 bridgehead atoms. The van der Waals surface area contributed by atoms with Crippen LogP contribution >= 0.6 is 11.8 Å². The highest BCUT2D eigenvalue weighted by atomic mass is 32.2. The van der Waals surface area contributed by atoms with E-state index in [0.29, 0.717) is 0 Å². The van der Waals surface area contributed by atoms with E-state index in [9.17, 15) is 5.11 Å². The third-order valence-electron chi connectivity index (χ3n) is 3.96. The topological polar surface area (TPSA) is 29.5 Å². The van der Waals surface area contributed by atoms with Gasteiger partial charge in [-0.1, -0.05) is 23.9 Å². The summed E-state index contributed by atoms with van der Waals surface area (Å²) < 4.78 is 5.39. The predicted octanol–water partition coefficient (Wildman–Crippen LogP) is 4.39. The van der Waals surface area contributed by atoms with Crippen molar-refractivity contribution < 1.29 is 9.84 Å². The van der Waals surface area contributed by atoms with Crippen molar-refractivity contribution in [3.05, 3.63) is 53.1 Å². The molecule has 1 aliphatic carbocycles. The Morgan fingerprint density at radius 2 is 1.95 bits per heavy atom. The molecule has 0 saturated heterocycles. The van der Waals surface area contributed by atoms with Gasteiger partial charge in [0, 0.05) is 15.4 Å². The van der Waals surface area contributed by atoms with Gasteiger partial charge in [0.25, 0.3) is 0 Å². The monoisotopic (exact) mass is 300 g/mol. The molecule has 1 atom stereocenters. The summed E-state index contributed by atoms with van der Waals surface area (Å²) >= 11 is 1.70. The molecule has 0 spiro atoms. The molecular formula is C18H20O2S. The molecule has 0 aromatic heterocycles. The molecule has 0 aliphatic heterocycles. The number of rotatable bonds is 4. The highest BCUT2D eigenvalue weighted by Crippen LogP contribution is 2.39. The van der Waals surface area contributed by atoms with Crippen molar-refractivity contribution in [2.75, 3.05) is 7.11 Å². The van der Waals surface area contributed by atoms with Crippen LogP contribution in [0.25, 0.3) is 0 Å². The maximum absolute atomic E-state index is 10.1. The minimum absolute atomic E-state index is 0.543. The molecule has 1 N–H and O–H groups in total. The fraction of sp³-hybridized carbons (Fsp3) is 0.333. The Morgan fingerprint density at radius 3 is 2.71 bits per heavy atom. The second-order valence-electron chi connectivity index (χ2n) is 5.43. The molecule has 3 heteroatoms. The SMILES string of the molecule is COc1cccc(Sc2ccc3c(c2)CCC3)c1C(C)O. The Balaban J connectivity index is 1.94. The Morgan fingerprint density at radius 1 is 1.14 bits per heavy atom. The van der Waals surface area contributed by atoms with Crippen molar-refractivity contribution in [3.8, 4) is 5.75 Å². The van der Waals surface area contributed by atoms with Gasteiger partial charge in [0.2, 0.25) is 0 Å². The van der Waals surface area contributed by atoms with Gasteiger partial charge in [0.15, 0.2) is 0 Å². The van der Waals surface area contributed by atoms with Crippen LogP contribution in [0.5, 0.6) is 5.75 Å². The molecule has 2 aromatic rings. The van der Waals surface area contributed by atoms with Crippen LogP contribution in [0.3, 0.4) is 0 Å². The van der Waals surface area contributed by atoms with Crippen molar-refractivity contribution in [1.29, 1.82) is 0 Å².